The first-order chi connectivity index (χ1) is 19.9. The maximum Gasteiger partial charge on any atom is 0.323 e. The number of H-pyrrole nitrogens is 1. The third-order valence-electron chi connectivity index (χ3n) is 6.40. The number of aromatic amines is 1. The van der Waals surface area contributed by atoms with Crippen molar-refractivity contribution in [3.63, 3.8) is 0 Å². The first-order valence-corrected chi connectivity index (χ1v) is 15.6. The number of fused-ring (bicyclic) bond motifs is 1. The van der Waals surface area contributed by atoms with Gasteiger partial charge in [0.2, 0.25) is 13.4 Å². The molecule has 0 amide bonds. The highest BCUT2D eigenvalue weighted by molar-refractivity contribution is 7.63. The normalized spacial score (nSPS) is 21.9. The van der Waals surface area contributed by atoms with Crippen LogP contribution >= 0.6 is 7.44 Å². The molecule has 1 saturated heterocycles. The average molecular weight is 632 g/mol. The first kappa shape index (κ1) is 36.0. The minimum Gasteiger partial charge on any atom is -0.465 e. The minimum atomic E-state index is -3.95. The number of carbonyl (C=O) groups is 2. The Balaban J connectivity index is 0.00000645. The standard InChI is InChI=1S/C25H39FN7O8P.CH4/c1-5-7-10-39-23(36)14(3)31-42(38,32-15(4)24(37)40-11-8-6-2)12-9-16-17(26)19(34)22(41-16)33-13-28-18-20(33)29-25(27)30-21(18)35;/h9,12-17,19,22,34H,5-8,10-11H2,1-4H3,(H2,31,32,38)(H3,27,29,30,35);1H4/b12-9+;/t14-,15-,16+,17+,19+,22+;/m0./s1. The number of nitrogens with one attached hydrogen (secondary N) is 3. The summed E-state index contributed by atoms with van der Waals surface area (Å²) in [5, 5.41) is 15.9. The number of esters is 2. The number of unbranched alkanes of at least 4 members (excludes halogenated alkanes) is 2. The van der Waals surface area contributed by atoms with Gasteiger partial charge in [0.1, 0.15) is 24.3 Å². The van der Waals surface area contributed by atoms with Gasteiger partial charge in [-0.05, 0) is 32.8 Å². The summed E-state index contributed by atoms with van der Waals surface area (Å²) in [7, 11) is -3.95. The lowest BCUT2D eigenvalue weighted by atomic mass is 10.1. The van der Waals surface area contributed by atoms with Gasteiger partial charge in [0.15, 0.2) is 23.6 Å². The van der Waals surface area contributed by atoms with E-state index in [2.05, 4.69) is 25.1 Å². The Morgan fingerprint density at radius 3 is 2.30 bits per heavy atom. The van der Waals surface area contributed by atoms with Gasteiger partial charge in [-0.15, -0.1) is 0 Å². The Hall–Kier alpha value is -3.17. The first-order valence-electron chi connectivity index (χ1n) is 13.8. The van der Waals surface area contributed by atoms with E-state index < -0.39 is 61.6 Å². The Labute approximate surface area is 249 Å². The number of hydrogen-bond acceptors (Lipinski definition) is 11. The molecule has 43 heavy (non-hydrogen) atoms. The minimum absolute atomic E-state index is 0. The molecule has 0 aromatic carbocycles. The number of rotatable bonds is 15. The quantitative estimate of drug-likeness (QED) is 0.109. The average Bonchev–Trinajstić information content (AvgIpc) is 3.48. The second kappa shape index (κ2) is 16.1. The molecule has 0 radical (unpaired) electrons. The second-order valence-electron chi connectivity index (χ2n) is 9.94. The number of aliphatic hydroxyl groups excluding tert-OH is 1. The Bertz CT molecular complexity index is 1330. The summed E-state index contributed by atoms with van der Waals surface area (Å²) in [6, 6.07) is -2.13. The van der Waals surface area contributed by atoms with Crippen molar-refractivity contribution in [3.8, 4) is 0 Å². The number of nitrogens with zero attached hydrogens (tertiary/aromatic N) is 3. The van der Waals surface area contributed by atoms with Gasteiger partial charge < -0.3 is 25.1 Å². The zero-order chi connectivity index (χ0) is 31.0. The van der Waals surface area contributed by atoms with E-state index in [9.17, 15) is 24.1 Å². The molecular formula is C26H43FN7O8P. The van der Waals surface area contributed by atoms with Crippen LogP contribution in [0, 0.1) is 0 Å². The summed E-state index contributed by atoms with van der Waals surface area (Å²) < 4.78 is 46.5. The lowest BCUT2D eigenvalue weighted by molar-refractivity contribution is -0.145. The summed E-state index contributed by atoms with van der Waals surface area (Å²) in [6.07, 6.45) is -1.30. The summed E-state index contributed by atoms with van der Waals surface area (Å²) in [6.45, 7) is 7.12. The largest absolute Gasteiger partial charge is 0.465 e. The zero-order valence-corrected chi connectivity index (χ0v) is 24.9. The molecule has 15 nitrogen and oxygen atoms in total. The molecule has 0 saturated carbocycles. The van der Waals surface area contributed by atoms with Crippen molar-refractivity contribution < 1.29 is 37.9 Å². The third kappa shape index (κ3) is 9.16. The lowest BCUT2D eigenvalue weighted by Gasteiger charge is -2.24. The van der Waals surface area contributed by atoms with E-state index in [1.807, 2.05) is 13.8 Å². The van der Waals surface area contributed by atoms with E-state index in [1.165, 1.54) is 18.4 Å². The highest BCUT2D eigenvalue weighted by atomic mass is 31.2. The van der Waals surface area contributed by atoms with E-state index in [4.69, 9.17) is 19.9 Å². The molecule has 2 aromatic rings. The molecule has 0 bridgehead atoms. The van der Waals surface area contributed by atoms with Crippen molar-refractivity contribution in [2.75, 3.05) is 18.9 Å². The predicted molar refractivity (Wildman–Crippen MR) is 158 cm³/mol. The lowest BCUT2D eigenvalue weighted by Crippen LogP contribution is -2.41. The van der Waals surface area contributed by atoms with Crippen LogP contribution < -0.4 is 21.5 Å². The van der Waals surface area contributed by atoms with Crippen molar-refractivity contribution in [1.29, 1.82) is 0 Å². The van der Waals surface area contributed by atoms with Gasteiger partial charge in [-0.2, -0.15) is 4.98 Å². The molecule has 242 valence electrons. The van der Waals surface area contributed by atoms with E-state index >= 15 is 4.39 Å². The molecule has 3 heterocycles. The number of nitrogen functional groups attached to an aromatic ring is 1. The van der Waals surface area contributed by atoms with Gasteiger partial charge in [0.25, 0.3) is 5.56 Å². The monoisotopic (exact) mass is 631 g/mol. The van der Waals surface area contributed by atoms with Gasteiger partial charge in [0.05, 0.1) is 19.5 Å². The van der Waals surface area contributed by atoms with Crippen LogP contribution in [-0.4, -0.2) is 80.2 Å². The van der Waals surface area contributed by atoms with Gasteiger partial charge >= 0.3 is 11.9 Å². The number of ether oxygens (including phenoxy) is 3. The smallest absolute Gasteiger partial charge is 0.323 e. The maximum atomic E-state index is 15.2. The fourth-order valence-corrected chi connectivity index (χ4v) is 6.09. The molecule has 2 aromatic heterocycles. The maximum absolute atomic E-state index is 15.2. The van der Waals surface area contributed by atoms with Gasteiger partial charge in [-0.25, -0.2) is 19.5 Å². The summed E-state index contributed by atoms with van der Waals surface area (Å²) in [4.78, 5) is 47.3. The number of aliphatic hydroxyl groups is 1. The van der Waals surface area contributed by atoms with Crippen molar-refractivity contribution in [2.24, 2.45) is 0 Å². The molecule has 3 rings (SSSR count). The fourth-order valence-electron chi connectivity index (χ4n) is 4.07. The van der Waals surface area contributed by atoms with Crippen LogP contribution in [0.1, 0.15) is 67.0 Å². The van der Waals surface area contributed by atoms with E-state index in [1.54, 1.807) is 0 Å². The predicted octanol–water partition coefficient (Wildman–Crippen LogP) is 2.28. The highest BCUT2D eigenvalue weighted by Gasteiger charge is 2.45. The number of nitrogens with two attached hydrogens (primary N) is 1. The number of carbonyl (C=O) groups excluding carboxylic acids is 2. The SMILES string of the molecule is C.CCCCOC(=O)[C@H](C)NP(=O)(/C=C/[C@H]1O[C@@H](n2cnc3c(=O)[nH]c(N)nc32)[C@H](O)[C@@H]1F)N[C@@H](C)C(=O)OCCCC. The van der Waals surface area contributed by atoms with Gasteiger partial charge in [-0.3, -0.25) is 28.5 Å². The summed E-state index contributed by atoms with van der Waals surface area (Å²) in [5.74, 6) is -0.473. The topological polar surface area (TPSA) is 213 Å². The number of hydrogen-bond donors (Lipinski definition) is 5. The third-order valence-corrected chi connectivity index (χ3v) is 8.54. The van der Waals surface area contributed by atoms with Crippen molar-refractivity contribution in [1.82, 2.24) is 29.7 Å². The molecule has 6 atom stereocenters. The Morgan fingerprint density at radius 1 is 1.21 bits per heavy atom. The van der Waals surface area contributed by atoms with Gasteiger partial charge in [-0.1, -0.05) is 34.1 Å². The van der Waals surface area contributed by atoms with Crippen LogP contribution in [0.4, 0.5) is 10.3 Å². The van der Waals surface area contributed by atoms with Crippen molar-refractivity contribution in [3.05, 3.63) is 28.6 Å². The van der Waals surface area contributed by atoms with Crippen LogP contribution in [0.3, 0.4) is 0 Å². The van der Waals surface area contributed by atoms with Crippen LogP contribution in [0.15, 0.2) is 23.0 Å². The number of alkyl halides is 1. The molecule has 6 N–H and O–H groups in total. The molecule has 1 aliphatic heterocycles. The number of aromatic nitrogens is 4. The van der Waals surface area contributed by atoms with Crippen LogP contribution in [0.5, 0.6) is 0 Å². The fraction of sp³-hybridized carbons (Fsp3) is 0.654. The van der Waals surface area contributed by atoms with E-state index in [-0.39, 0.29) is 37.8 Å². The van der Waals surface area contributed by atoms with Crippen LogP contribution in [0.25, 0.3) is 11.2 Å². The van der Waals surface area contributed by atoms with Crippen molar-refractivity contribution in [2.45, 2.75) is 97.5 Å². The van der Waals surface area contributed by atoms with E-state index in [0.29, 0.717) is 12.8 Å². The zero-order valence-electron chi connectivity index (χ0n) is 24.0. The molecule has 0 aliphatic carbocycles. The molecule has 1 fully saturated rings. The van der Waals surface area contributed by atoms with E-state index in [0.717, 1.165) is 31.1 Å². The highest BCUT2D eigenvalue weighted by Crippen LogP contribution is 2.41. The Morgan fingerprint density at radius 2 is 1.77 bits per heavy atom. The van der Waals surface area contributed by atoms with Crippen LogP contribution in [-0.2, 0) is 28.4 Å². The molecule has 17 heteroatoms. The summed E-state index contributed by atoms with van der Waals surface area (Å²) in [5.41, 5.74) is 4.87. The van der Waals surface area contributed by atoms with Crippen LogP contribution in [0.2, 0.25) is 0 Å². The molecule has 1 aliphatic rings. The molecule has 0 unspecified atom stereocenters. The molecule has 0 spiro atoms. The van der Waals surface area contributed by atoms with Crippen molar-refractivity contribution >= 4 is 36.5 Å². The summed E-state index contributed by atoms with van der Waals surface area (Å²) >= 11 is 0. The second-order valence-corrected chi connectivity index (χ2v) is 12.1. The Kier molecular flexibility index (Phi) is 13.5. The number of anilines is 1. The van der Waals surface area contributed by atoms with Gasteiger partial charge in [0, 0.05) is 5.82 Å². The number of imidazole rings is 1. The number of halogens is 1. The molecular weight excluding hydrogens is 588 g/mol.